The second kappa shape index (κ2) is 7.52. The van der Waals surface area contributed by atoms with Crippen LogP contribution in [0, 0.1) is 20.8 Å². The van der Waals surface area contributed by atoms with Crippen LogP contribution >= 0.6 is 11.8 Å². The van der Waals surface area contributed by atoms with Crippen molar-refractivity contribution >= 4 is 11.8 Å². The molecule has 140 valence electrons. The van der Waals surface area contributed by atoms with Crippen molar-refractivity contribution in [3.8, 4) is 22.8 Å². The molecule has 7 heteroatoms. The van der Waals surface area contributed by atoms with Crippen LogP contribution in [-0.2, 0) is 7.05 Å². The summed E-state index contributed by atoms with van der Waals surface area (Å²) < 4.78 is 2.00. The Hall–Kier alpha value is -3.06. The highest BCUT2D eigenvalue weighted by atomic mass is 32.2. The molecule has 1 aromatic carbocycles. The van der Waals surface area contributed by atoms with Crippen LogP contribution in [0.2, 0.25) is 0 Å². The number of hydrogen-bond acceptors (Lipinski definition) is 6. The van der Waals surface area contributed by atoms with Gasteiger partial charge in [0.25, 0.3) is 0 Å². The van der Waals surface area contributed by atoms with Gasteiger partial charge in [-0.2, -0.15) is 0 Å². The van der Waals surface area contributed by atoms with Crippen LogP contribution < -0.4 is 0 Å². The van der Waals surface area contributed by atoms with Gasteiger partial charge in [0, 0.05) is 41.8 Å². The van der Waals surface area contributed by atoms with Crippen molar-refractivity contribution in [1.29, 1.82) is 0 Å². The highest BCUT2D eigenvalue weighted by Crippen LogP contribution is 2.31. The zero-order chi connectivity index (χ0) is 19.7. The lowest BCUT2D eigenvalue weighted by atomic mass is 10.1. The molecule has 0 N–H and O–H groups in total. The molecule has 4 aromatic rings. The standard InChI is InChI=1S/C21H20N6S/c1-13-7-5-8-16(11-13)19-25-26-21(27(19)4)28-20-14(2)15(3)23-18(24-20)17-9-6-10-22-12-17/h5-12H,1-4H3. The van der Waals surface area contributed by atoms with E-state index >= 15 is 0 Å². The van der Waals surface area contributed by atoms with E-state index in [1.807, 2.05) is 49.7 Å². The van der Waals surface area contributed by atoms with Crippen molar-refractivity contribution in [3.05, 3.63) is 65.6 Å². The van der Waals surface area contributed by atoms with Gasteiger partial charge < -0.3 is 4.57 Å². The Balaban J connectivity index is 1.71. The molecular weight excluding hydrogens is 368 g/mol. The van der Waals surface area contributed by atoms with Crippen molar-refractivity contribution in [3.63, 3.8) is 0 Å². The van der Waals surface area contributed by atoms with Crippen LogP contribution in [0.5, 0.6) is 0 Å². The summed E-state index contributed by atoms with van der Waals surface area (Å²) in [5.74, 6) is 1.50. The number of hydrogen-bond donors (Lipinski definition) is 0. The van der Waals surface area contributed by atoms with Crippen LogP contribution in [-0.4, -0.2) is 29.7 Å². The van der Waals surface area contributed by atoms with Crippen molar-refractivity contribution in [2.45, 2.75) is 31.0 Å². The SMILES string of the molecule is Cc1cccc(-c2nnc(Sc3nc(-c4cccnc4)nc(C)c3C)n2C)c1. The van der Waals surface area contributed by atoms with Crippen LogP contribution in [0.15, 0.2) is 59.0 Å². The molecule has 28 heavy (non-hydrogen) atoms. The molecule has 0 aliphatic carbocycles. The molecule has 6 nitrogen and oxygen atoms in total. The average molecular weight is 389 g/mol. The molecule has 0 radical (unpaired) electrons. The Morgan fingerprint density at radius 3 is 2.50 bits per heavy atom. The number of aromatic nitrogens is 6. The lowest BCUT2D eigenvalue weighted by Crippen LogP contribution is -2.00. The third-order valence-corrected chi connectivity index (χ3v) is 5.69. The van der Waals surface area contributed by atoms with E-state index in [9.17, 15) is 0 Å². The third-order valence-electron chi connectivity index (χ3n) is 4.56. The summed E-state index contributed by atoms with van der Waals surface area (Å²) >= 11 is 1.50. The Morgan fingerprint density at radius 1 is 0.929 bits per heavy atom. The molecule has 0 bridgehead atoms. The van der Waals surface area contributed by atoms with Gasteiger partial charge in [0.1, 0.15) is 5.03 Å². The predicted molar refractivity (Wildman–Crippen MR) is 110 cm³/mol. The largest absolute Gasteiger partial charge is 0.305 e. The van der Waals surface area contributed by atoms with E-state index in [0.29, 0.717) is 5.82 Å². The monoisotopic (exact) mass is 388 g/mol. The molecule has 0 fully saturated rings. The van der Waals surface area contributed by atoms with E-state index in [-0.39, 0.29) is 0 Å². The first-order valence-corrected chi connectivity index (χ1v) is 9.74. The second-order valence-corrected chi connectivity index (χ2v) is 7.60. The first-order valence-electron chi connectivity index (χ1n) is 8.93. The molecule has 3 heterocycles. The zero-order valence-electron chi connectivity index (χ0n) is 16.2. The summed E-state index contributed by atoms with van der Waals surface area (Å²) in [6.07, 6.45) is 3.52. The zero-order valence-corrected chi connectivity index (χ0v) is 17.0. The fourth-order valence-corrected chi connectivity index (χ4v) is 3.76. The minimum Gasteiger partial charge on any atom is -0.305 e. The Morgan fingerprint density at radius 2 is 1.75 bits per heavy atom. The van der Waals surface area contributed by atoms with E-state index in [1.165, 1.54) is 17.3 Å². The Labute approximate surface area is 168 Å². The molecule has 0 spiro atoms. The van der Waals surface area contributed by atoms with Crippen molar-refractivity contribution in [2.75, 3.05) is 0 Å². The van der Waals surface area contributed by atoms with Gasteiger partial charge in [0.2, 0.25) is 0 Å². The van der Waals surface area contributed by atoms with Crippen LogP contribution in [0.3, 0.4) is 0 Å². The molecule has 0 saturated carbocycles. The minimum atomic E-state index is 0.666. The average Bonchev–Trinajstić information content (AvgIpc) is 3.06. The fraction of sp³-hybridized carbons (Fsp3) is 0.190. The third kappa shape index (κ3) is 3.53. The van der Waals surface area contributed by atoms with Gasteiger partial charge >= 0.3 is 0 Å². The number of benzene rings is 1. The number of aryl methyl sites for hydroxylation is 2. The van der Waals surface area contributed by atoms with Gasteiger partial charge in [0.15, 0.2) is 16.8 Å². The van der Waals surface area contributed by atoms with Crippen LogP contribution in [0.1, 0.15) is 16.8 Å². The normalized spacial score (nSPS) is 11.0. The highest BCUT2D eigenvalue weighted by molar-refractivity contribution is 7.99. The first kappa shape index (κ1) is 18.3. The molecule has 0 atom stereocenters. The van der Waals surface area contributed by atoms with Gasteiger partial charge in [-0.1, -0.05) is 23.8 Å². The van der Waals surface area contributed by atoms with Crippen molar-refractivity contribution in [2.24, 2.45) is 7.05 Å². The Kier molecular flexibility index (Phi) is 4.92. The summed E-state index contributed by atoms with van der Waals surface area (Å²) in [5.41, 5.74) is 5.12. The van der Waals surface area contributed by atoms with E-state index in [4.69, 9.17) is 4.98 Å². The van der Waals surface area contributed by atoms with E-state index in [0.717, 1.165) is 38.4 Å². The molecule has 0 saturated heterocycles. The van der Waals surface area contributed by atoms with Gasteiger partial charge in [-0.25, -0.2) is 9.97 Å². The lowest BCUT2D eigenvalue weighted by Gasteiger charge is -2.10. The van der Waals surface area contributed by atoms with Crippen LogP contribution in [0.25, 0.3) is 22.8 Å². The van der Waals surface area contributed by atoms with E-state index < -0.39 is 0 Å². The van der Waals surface area contributed by atoms with Crippen molar-refractivity contribution < 1.29 is 0 Å². The molecule has 3 aromatic heterocycles. The summed E-state index contributed by atoms with van der Waals surface area (Å²) in [6.45, 7) is 6.10. The molecule has 0 unspecified atom stereocenters. The topological polar surface area (TPSA) is 69.4 Å². The molecule has 0 aliphatic rings. The van der Waals surface area contributed by atoms with Gasteiger partial charge in [0.05, 0.1) is 0 Å². The van der Waals surface area contributed by atoms with Crippen LogP contribution in [0.4, 0.5) is 0 Å². The molecule has 0 aliphatic heterocycles. The van der Waals surface area contributed by atoms with Gasteiger partial charge in [-0.05, 0) is 50.7 Å². The Bertz CT molecular complexity index is 1140. The number of pyridine rings is 1. The maximum Gasteiger partial charge on any atom is 0.197 e. The summed E-state index contributed by atoms with van der Waals surface area (Å²) in [4.78, 5) is 13.6. The smallest absolute Gasteiger partial charge is 0.197 e. The number of rotatable bonds is 4. The predicted octanol–water partition coefficient (Wildman–Crippen LogP) is 4.41. The van der Waals surface area contributed by atoms with E-state index in [1.54, 1.807) is 12.4 Å². The molecular formula is C21H20N6S. The van der Waals surface area contributed by atoms with E-state index in [2.05, 4.69) is 39.2 Å². The highest BCUT2D eigenvalue weighted by Gasteiger charge is 2.16. The summed E-state index contributed by atoms with van der Waals surface area (Å²) in [6, 6.07) is 12.1. The fourth-order valence-electron chi connectivity index (χ4n) is 2.85. The molecule has 0 amide bonds. The minimum absolute atomic E-state index is 0.666. The maximum atomic E-state index is 4.77. The van der Waals surface area contributed by atoms with Gasteiger partial charge in [-0.15, -0.1) is 10.2 Å². The summed E-state index contributed by atoms with van der Waals surface area (Å²) in [5, 5.41) is 10.4. The quantitative estimate of drug-likeness (QED) is 0.482. The lowest BCUT2D eigenvalue weighted by molar-refractivity contribution is 0.791. The summed E-state index contributed by atoms with van der Waals surface area (Å²) in [7, 11) is 1.98. The molecule has 4 rings (SSSR count). The first-order chi connectivity index (χ1) is 13.5. The second-order valence-electron chi connectivity index (χ2n) is 6.64. The maximum absolute atomic E-state index is 4.77. The van der Waals surface area contributed by atoms with Crippen molar-refractivity contribution in [1.82, 2.24) is 29.7 Å². The number of nitrogens with zero attached hydrogens (tertiary/aromatic N) is 6. The van der Waals surface area contributed by atoms with Gasteiger partial charge in [-0.3, -0.25) is 4.98 Å².